The highest BCUT2D eigenvalue weighted by Gasteiger charge is 2.18. The summed E-state index contributed by atoms with van der Waals surface area (Å²) >= 11 is 0. The molecule has 0 spiro atoms. The predicted octanol–water partition coefficient (Wildman–Crippen LogP) is 11.0. The summed E-state index contributed by atoms with van der Waals surface area (Å²) in [5, 5.41) is 24.3. The summed E-state index contributed by atoms with van der Waals surface area (Å²) in [4.78, 5) is 0. The highest BCUT2D eigenvalue weighted by Crippen LogP contribution is 2.39. The van der Waals surface area contributed by atoms with Crippen molar-refractivity contribution < 1.29 is 0 Å². The topological polar surface area (TPSA) is 57.4 Å². The zero-order valence-corrected chi connectivity index (χ0v) is 25.8. The molecule has 0 saturated carbocycles. The average Bonchev–Trinajstić information content (AvgIpc) is 3.68. The monoisotopic (exact) mass is 610 g/mol. The van der Waals surface area contributed by atoms with Crippen LogP contribution in [0.25, 0.3) is 77.2 Å². The zero-order chi connectivity index (χ0) is 32.2. The fourth-order valence-corrected chi connectivity index (χ4v) is 7.25. The standard InChI is InChI=1S/C44H26N4/c45-27-29-16-25-35(43(26-29)48-41-14-6-3-11-38(41)44-33(28-46)8-7-15-42(44)48)32-19-17-30(18-20-32)31-21-23-34(24-22-31)47-39-12-4-1-9-36(39)37-10-2-5-13-40(37)47/h1-26H. The van der Waals surface area contributed by atoms with E-state index in [4.69, 9.17) is 0 Å². The van der Waals surface area contributed by atoms with Crippen molar-refractivity contribution in [1.29, 1.82) is 10.5 Å². The van der Waals surface area contributed by atoms with E-state index in [1.54, 1.807) is 0 Å². The summed E-state index contributed by atoms with van der Waals surface area (Å²) in [7, 11) is 0. The summed E-state index contributed by atoms with van der Waals surface area (Å²) < 4.78 is 4.52. The molecule has 0 unspecified atom stereocenters. The number of rotatable bonds is 4. The Morgan fingerprint density at radius 2 is 0.958 bits per heavy atom. The number of benzene rings is 7. The summed E-state index contributed by atoms with van der Waals surface area (Å²) in [5.74, 6) is 0. The molecule has 2 aromatic heterocycles. The van der Waals surface area contributed by atoms with Crippen molar-refractivity contribution in [2.75, 3.05) is 0 Å². The summed E-state index contributed by atoms with van der Waals surface area (Å²) in [5.41, 5.74) is 11.9. The number of para-hydroxylation sites is 3. The van der Waals surface area contributed by atoms with E-state index in [-0.39, 0.29) is 0 Å². The van der Waals surface area contributed by atoms with Crippen LogP contribution in [0.5, 0.6) is 0 Å². The van der Waals surface area contributed by atoms with Gasteiger partial charge in [0.1, 0.15) is 0 Å². The first-order valence-corrected chi connectivity index (χ1v) is 15.9. The lowest BCUT2D eigenvalue weighted by Crippen LogP contribution is -1.98. The van der Waals surface area contributed by atoms with E-state index in [0.717, 1.165) is 55.4 Å². The quantitative estimate of drug-likeness (QED) is 0.199. The van der Waals surface area contributed by atoms with Gasteiger partial charge in [-0.25, -0.2) is 0 Å². The Hall–Kier alpha value is -6.88. The minimum Gasteiger partial charge on any atom is -0.309 e. The first-order valence-electron chi connectivity index (χ1n) is 15.9. The van der Waals surface area contributed by atoms with Crippen LogP contribution in [0.1, 0.15) is 11.1 Å². The fraction of sp³-hybridized carbons (Fsp3) is 0. The highest BCUT2D eigenvalue weighted by molar-refractivity contribution is 6.12. The minimum absolute atomic E-state index is 0.580. The fourth-order valence-electron chi connectivity index (χ4n) is 7.25. The molecule has 0 saturated heterocycles. The van der Waals surface area contributed by atoms with Crippen molar-refractivity contribution in [3.63, 3.8) is 0 Å². The Kier molecular flexibility index (Phi) is 6.22. The van der Waals surface area contributed by atoms with E-state index in [2.05, 4.69) is 130 Å². The lowest BCUT2D eigenvalue weighted by atomic mass is 9.98. The van der Waals surface area contributed by atoms with Crippen molar-refractivity contribution in [1.82, 2.24) is 9.13 Å². The summed E-state index contributed by atoms with van der Waals surface area (Å²) in [6.07, 6.45) is 0. The second-order valence-corrected chi connectivity index (χ2v) is 12.0. The normalized spacial score (nSPS) is 11.3. The first kappa shape index (κ1) is 27.4. The molecule has 0 amide bonds. The van der Waals surface area contributed by atoms with E-state index < -0.39 is 0 Å². The van der Waals surface area contributed by atoms with Gasteiger partial charge in [-0.2, -0.15) is 10.5 Å². The molecule has 0 bridgehead atoms. The molecular formula is C44H26N4. The molecule has 4 nitrogen and oxygen atoms in total. The van der Waals surface area contributed by atoms with Gasteiger partial charge in [0.05, 0.1) is 51.0 Å². The lowest BCUT2D eigenvalue weighted by molar-refractivity contribution is 1.18. The highest BCUT2D eigenvalue weighted by atomic mass is 15.0. The van der Waals surface area contributed by atoms with Crippen molar-refractivity contribution in [3.8, 4) is 45.8 Å². The van der Waals surface area contributed by atoms with Gasteiger partial charge in [-0.05, 0) is 71.3 Å². The van der Waals surface area contributed by atoms with Crippen LogP contribution in [0, 0.1) is 22.7 Å². The van der Waals surface area contributed by atoms with E-state index in [1.165, 1.54) is 21.8 Å². The van der Waals surface area contributed by atoms with Crippen molar-refractivity contribution in [2.24, 2.45) is 0 Å². The second kappa shape index (κ2) is 10.9. The third-order valence-corrected chi connectivity index (χ3v) is 9.42. The van der Waals surface area contributed by atoms with E-state index in [1.807, 2.05) is 48.5 Å². The maximum absolute atomic E-state index is 9.95. The molecule has 0 atom stereocenters. The number of nitrogens with zero attached hydrogens (tertiary/aromatic N) is 4. The van der Waals surface area contributed by atoms with Crippen molar-refractivity contribution in [3.05, 3.63) is 169 Å². The zero-order valence-electron chi connectivity index (χ0n) is 25.8. The molecule has 7 aromatic carbocycles. The largest absolute Gasteiger partial charge is 0.309 e. The van der Waals surface area contributed by atoms with Crippen molar-refractivity contribution >= 4 is 43.6 Å². The van der Waals surface area contributed by atoms with Gasteiger partial charge in [-0.15, -0.1) is 0 Å². The molecular weight excluding hydrogens is 585 g/mol. The minimum atomic E-state index is 0.580. The third-order valence-electron chi connectivity index (χ3n) is 9.42. The Bertz CT molecular complexity index is 2730. The first-order chi connectivity index (χ1) is 23.7. The Morgan fingerprint density at radius 3 is 1.58 bits per heavy atom. The predicted molar refractivity (Wildman–Crippen MR) is 195 cm³/mol. The molecule has 9 rings (SSSR count). The van der Waals surface area contributed by atoms with E-state index >= 15 is 0 Å². The molecule has 0 aliphatic carbocycles. The molecule has 0 N–H and O–H groups in total. The molecule has 0 aliphatic rings. The smallest absolute Gasteiger partial charge is 0.0998 e. The van der Waals surface area contributed by atoms with Gasteiger partial charge in [0.2, 0.25) is 0 Å². The Morgan fingerprint density at radius 1 is 0.417 bits per heavy atom. The summed E-state index contributed by atoms with van der Waals surface area (Å²) in [6, 6.07) is 59.0. The number of aromatic nitrogens is 2. The van der Waals surface area contributed by atoms with Gasteiger partial charge in [0, 0.05) is 32.8 Å². The summed E-state index contributed by atoms with van der Waals surface area (Å²) in [6.45, 7) is 0. The van der Waals surface area contributed by atoms with Gasteiger partial charge in [-0.3, -0.25) is 0 Å². The molecule has 222 valence electrons. The molecule has 2 heterocycles. The maximum atomic E-state index is 9.95. The van der Waals surface area contributed by atoms with Crippen LogP contribution in [-0.2, 0) is 0 Å². The van der Waals surface area contributed by atoms with Gasteiger partial charge in [0.25, 0.3) is 0 Å². The third kappa shape index (κ3) is 4.14. The van der Waals surface area contributed by atoms with Crippen LogP contribution in [-0.4, -0.2) is 9.13 Å². The van der Waals surface area contributed by atoms with Crippen LogP contribution in [0.3, 0.4) is 0 Å². The molecule has 0 radical (unpaired) electrons. The number of fused-ring (bicyclic) bond motifs is 6. The molecule has 9 aromatic rings. The second-order valence-electron chi connectivity index (χ2n) is 12.0. The van der Waals surface area contributed by atoms with Crippen LogP contribution >= 0.6 is 0 Å². The van der Waals surface area contributed by atoms with Crippen LogP contribution in [0.15, 0.2) is 158 Å². The van der Waals surface area contributed by atoms with Crippen LogP contribution < -0.4 is 0 Å². The number of nitriles is 2. The van der Waals surface area contributed by atoms with E-state index in [0.29, 0.717) is 11.1 Å². The molecule has 4 heteroatoms. The van der Waals surface area contributed by atoms with E-state index in [9.17, 15) is 10.5 Å². The molecule has 0 fully saturated rings. The van der Waals surface area contributed by atoms with Gasteiger partial charge >= 0.3 is 0 Å². The van der Waals surface area contributed by atoms with Crippen LogP contribution in [0.2, 0.25) is 0 Å². The van der Waals surface area contributed by atoms with Crippen LogP contribution in [0.4, 0.5) is 0 Å². The van der Waals surface area contributed by atoms with Gasteiger partial charge in [0.15, 0.2) is 0 Å². The van der Waals surface area contributed by atoms with Gasteiger partial charge in [-0.1, -0.05) is 103 Å². The number of hydrogen-bond donors (Lipinski definition) is 0. The maximum Gasteiger partial charge on any atom is 0.0998 e. The average molecular weight is 611 g/mol. The molecule has 48 heavy (non-hydrogen) atoms. The molecule has 0 aliphatic heterocycles. The van der Waals surface area contributed by atoms with Crippen molar-refractivity contribution in [2.45, 2.75) is 0 Å². The SMILES string of the molecule is N#Cc1ccc(-c2ccc(-c3ccc(-n4c5ccccc5c5ccccc54)cc3)cc2)c(-n2c3ccccc3c3c(C#N)cccc32)c1. The van der Waals surface area contributed by atoms with Gasteiger partial charge < -0.3 is 9.13 Å². The number of hydrogen-bond acceptors (Lipinski definition) is 2. The Labute approximate surface area is 277 Å². The Balaban J connectivity index is 1.13. The lowest BCUT2D eigenvalue weighted by Gasteiger charge is -2.15.